The Kier molecular flexibility index (Phi) is 6.05. The van der Waals surface area contributed by atoms with Crippen molar-refractivity contribution in [2.45, 2.75) is 33.1 Å². The molecule has 1 heterocycles. The lowest BCUT2D eigenvalue weighted by Crippen LogP contribution is -2.31. The molecule has 0 aliphatic rings. The maximum atomic E-state index is 12.2. The Hall–Kier alpha value is -1.85. The fourth-order valence-electron chi connectivity index (χ4n) is 1.84. The average molecular weight is 275 g/mol. The summed E-state index contributed by atoms with van der Waals surface area (Å²) in [5.74, 6) is -0.217. The van der Waals surface area contributed by atoms with Crippen molar-refractivity contribution in [3.8, 4) is 12.1 Å². The van der Waals surface area contributed by atoms with Crippen LogP contribution in [-0.4, -0.2) is 23.9 Å². The molecule has 0 saturated carbocycles. The number of hydrogen-bond acceptors (Lipinski definition) is 4. The van der Waals surface area contributed by atoms with Gasteiger partial charge >= 0.3 is 0 Å². The minimum absolute atomic E-state index is 0.0468. The first-order valence-electron chi connectivity index (χ1n) is 6.32. The number of rotatable bonds is 6. The Morgan fingerprint density at radius 3 is 2.42 bits per heavy atom. The van der Waals surface area contributed by atoms with Crippen LogP contribution in [0, 0.1) is 22.7 Å². The predicted octanol–water partition coefficient (Wildman–Crippen LogP) is 2.75. The molecule has 1 rings (SSSR count). The second-order valence-electron chi connectivity index (χ2n) is 4.14. The van der Waals surface area contributed by atoms with E-state index in [-0.39, 0.29) is 19.0 Å². The first-order chi connectivity index (χ1) is 9.17. The van der Waals surface area contributed by atoms with Crippen LogP contribution in [0.25, 0.3) is 0 Å². The highest BCUT2D eigenvalue weighted by atomic mass is 32.1. The summed E-state index contributed by atoms with van der Waals surface area (Å²) in [6.07, 6.45) is 2.91. The number of aryl methyl sites for hydroxylation is 2. The molecule has 1 aromatic rings. The topological polar surface area (TPSA) is 67.9 Å². The monoisotopic (exact) mass is 275 g/mol. The van der Waals surface area contributed by atoms with Gasteiger partial charge in [-0.25, -0.2) is 0 Å². The molecule has 0 aliphatic carbocycles. The largest absolute Gasteiger partial charge is 0.311 e. The van der Waals surface area contributed by atoms with Crippen molar-refractivity contribution in [1.82, 2.24) is 4.90 Å². The third-order valence-electron chi connectivity index (χ3n) is 2.78. The molecule has 0 unspecified atom stereocenters. The number of nitrogens with zero attached hydrogens (tertiary/aromatic N) is 3. The van der Waals surface area contributed by atoms with Gasteiger partial charge in [-0.2, -0.15) is 10.5 Å². The van der Waals surface area contributed by atoms with Gasteiger partial charge in [0.25, 0.3) is 5.91 Å². The number of amides is 1. The molecule has 1 amide bonds. The fourth-order valence-corrected chi connectivity index (χ4v) is 3.16. The Balaban J connectivity index is 2.98. The standard InChI is InChI=1S/C14H17N3OS/c1-3-5-12-11(4-2)10-13(19-12)14(18)17(8-6-15)9-7-16/h10H,3-5,8-9H2,1-2H3. The summed E-state index contributed by atoms with van der Waals surface area (Å²) in [6, 6.07) is 5.75. The van der Waals surface area contributed by atoms with E-state index in [1.54, 1.807) is 0 Å². The molecule has 100 valence electrons. The van der Waals surface area contributed by atoms with Crippen LogP contribution < -0.4 is 0 Å². The highest BCUT2D eigenvalue weighted by molar-refractivity contribution is 7.14. The van der Waals surface area contributed by atoms with Crippen molar-refractivity contribution in [3.63, 3.8) is 0 Å². The van der Waals surface area contributed by atoms with Crippen LogP contribution in [0.1, 0.15) is 40.4 Å². The van der Waals surface area contributed by atoms with E-state index >= 15 is 0 Å². The molecule has 1 aromatic heterocycles. The van der Waals surface area contributed by atoms with Gasteiger partial charge in [0.1, 0.15) is 13.1 Å². The first kappa shape index (κ1) is 15.2. The van der Waals surface area contributed by atoms with Crippen molar-refractivity contribution in [3.05, 3.63) is 21.4 Å². The van der Waals surface area contributed by atoms with Gasteiger partial charge in [0, 0.05) is 4.88 Å². The van der Waals surface area contributed by atoms with Crippen LogP contribution in [0.15, 0.2) is 6.07 Å². The van der Waals surface area contributed by atoms with Crippen LogP contribution >= 0.6 is 11.3 Å². The lowest BCUT2D eigenvalue weighted by atomic mass is 10.1. The summed E-state index contributed by atoms with van der Waals surface area (Å²) in [7, 11) is 0. The molecule has 0 fully saturated rings. The molecule has 0 radical (unpaired) electrons. The average Bonchev–Trinajstić information content (AvgIpc) is 2.81. The lowest BCUT2D eigenvalue weighted by Gasteiger charge is -2.14. The van der Waals surface area contributed by atoms with Crippen LogP contribution in [0.3, 0.4) is 0 Å². The molecular formula is C14H17N3OS. The van der Waals surface area contributed by atoms with Crippen molar-refractivity contribution in [2.24, 2.45) is 0 Å². The van der Waals surface area contributed by atoms with E-state index in [1.807, 2.05) is 18.2 Å². The Bertz CT molecular complexity index is 506. The molecule has 0 aliphatic heterocycles. The summed E-state index contributed by atoms with van der Waals surface area (Å²) in [6.45, 7) is 4.08. The summed E-state index contributed by atoms with van der Waals surface area (Å²) >= 11 is 1.49. The molecule has 0 bridgehead atoms. The Labute approximate surface area is 117 Å². The van der Waals surface area contributed by atoms with E-state index in [0.29, 0.717) is 4.88 Å². The van der Waals surface area contributed by atoms with Gasteiger partial charge in [0.15, 0.2) is 0 Å². The van der Waals surface area contributed by atoms with Crippen molar-refractivity contribution in [2.75, 3.05) is 13.1 Å². The minimum atomic E-state index is -0.217. The number of nitriles is 2. The third-order valence-corrected chi connectivity index (χ3v) is 4.00. The first-order valence-corrected chi connectivity index (χ1v) is 7.14. The molecule has 0 atom stereocenters. The van der Waals surface area contributed by atoms with Crippen molar-refractivity contribution >= 4 is 17.2 Å². The molecule has 19 heavy (non-hydrogen) atoms. The summed E-state index contributed by atoms with van der Waals surface area (Å²) in [4.78, 5) is 15.4. The second-order valence-corrected chi connectivity index (χ2v) is 5.28. The fraction of sp³-hybridized carbons (Fsp3) is 0.500. The molecule has 5 heteroatoms. The maximum Gasteiger partial charge on any atom is 0.265 e. The zero-order valence-electron chi connectivity index (χ0n) is 11.3. The molecule has 0 spiro atoms. The summed E-state index contributed by atoms with van der Waals surface area (Å²) in [5, 5.41) is 17.4. The van der Waals surface area contributed by atoms with Crippen LogP contribution in [0.5, 0.6) is 0 Å². The summed E-state index contributed by atoms with van der Waals surface area (Å²) in [5.41, 5.74) is 1.20. The van der Waals surface area contributed by atoms with Crippen LogP contribution in [-0.2, 0) is 12.8 Å². The van der Waals surface area contributed by atoms with Gasteiger partial charge in [-0.3, -0.25) is 4.79 Å². The zero-order chi connectivity index (χ0) is 14.3. The number of hydrogen-bond donors (Lipinski definition) is 0. The predicted molar refractivity (Wildman–Crippen MR) is 74.8 cm³/mol. The molecule has 0 saturated heterocycles. The second kappa shape index (κ2) is 7.56. The molecule has 0 aromatic carbocycles. The number of thiophene rings is 1. The Morgan fingerprint density at radius 2 is 1.95 bits per heavy atom. The van der Waals surface area contributed by atoms with Crippen molar-refractivity contribution < 1.29 is 4.79 Å². The van der Waals surface area contributed by atoms with Gasteiger partial charge in [0.05, 0.1) is 17.0 Å². The van der Waals surface area contributed by atoms with E-state index < -0.39 is 0 Å². The van der Waals surface area contributed by atoms with Crippen LogP contribution in [0.2, 0.25) is 0 Å². The Morgan fingerprint density at radius 1 is 1.32 bits per heavy atom. The van der Waals surface area contributed by atoms with Crippen LogP contribution in [0.4, 0.5) is 0 Å². The van der Waals surface area contributed by atoms with E-state index in [9.17, 15) is 4.79 Å². The highest BCUT2D eigenvalue weighted by Gasteiger charge is 2.19. The van der Waals surface area contributed by atoms with E-state index in [2.05, 4.69) is 13.8 Å². The van der Waals surface area contributed by atoms with Gasteiger partial charge in [-0.05, 0) is 24.5 Å². The van der Waals surface area contributed by atoms with Gasteiger partial charge in [0.2, 0.25) is 0 Å². The smallest absolute Gasteiger partial charge is 0.265 e. The highest BCUT2D eigenvalue weighted by Crippen LogP contribution is 2.25. The lowest BCUT2D eigenvalue weighted by molar-refractivity contribution is 0.0799. The van der Waals surface area contributed by atoms with E-state index in [4.69, 9.17) is 10.5 Å². The number of carbonyl (C=O) groups excluding carboxylic acids is 1. The molecular weight excluding hydrogens is 258 g/mol. The SMILES string of the molecule is CCCc1sc(C(=O)N(CC#N)CC#N)cc1CC. The van der Waals surface area contributed by atoms with Crippen molar-refractivity contribution in [1.29, 1.82) is 10.5 Å². The maximum absolute atomic E-state index is 12.2. The molecule has 0 N–H and O–H groups in total. The normalized spacial score (nSPS) is 9.68. The van der Waals surface area contributed by atoms with E-state index in [1.165, 1.54) is 26.7 Å². The van der Waals surface area contributed by atoms with E-state index in [0.717, 1.165) is 19.3 Å². The quantitative estimate of drug-likeness (QED) is 0.750. The third kappa shape index (κ3) is 3.81. The van der Waals surface area contributed by atoms with Gasteiger partial charge in [-0.1, -0.05) is 20.3 Å². The van der Waals surface area contributed by atoms with Gasteiger partial charge < -0.3 is 4.90 Å². The number of carbonyl (C=O) groups is 1. The van der Waals surface area contributed by atoms with Gasteiger partial charge in [-0.15, -0.1) is 11.3 Å². The summed E-state index contributed by atoms with van der Waals surface area (Å²) < 4.78 is 0. The zero-order valence-corrected chi connectivity index (χ0v) is 12.1. The minimum Gasteiger partial charge on any atom is -0.311 e. The molecule has 4 nitrogen and oxygen atoms in total.